The van der Waals surface area contributed by atoms with Crippen LogP contribution in [0.5, 0.6) is 0 Å². The first-order chi connectivity index (χ1) is 9.13. The SMILES string of the molecule is CCCCNC(=O)Cn1ccnc1CNCC(C)C. The fraction of sp³-hybridized carbons (Fsp3) is 0.714. The average Bonchev–Trinajstić information content (AvgIpc) is 2.76. The van der Waals surface area contributed by atoms with Gasteiger partial charge in [0.15, 0.2) is 0 Å². The van der Waals surface area contributed by atoms with E-state index < -0.39 is 0 Å². The summed E-state index contributed by atoms with van der Waals surface area (Å²) in [6.07, 6.45) is 5.71. The highest BCUT2D eigenvalue weighted by Crippen LogP contribution is 1.98. The van der Waals surface area contributed by atoms with E-state index in [4.69, 9.17) is 0 Å². The number of imidazole rings is 1. The van der Waals surface area contributed by atoms with Crippen molar-refractivity contribution in [2.75, 3.05) is 13.1 Å². The van der Waals surface area contributed by atoms with Gasteiger partial charge in [-0.05, 0) is 18.9 Å². The Morgan fingerprint density at radius 3 is 2.95 bits per heavy atom. The second-order valence-corrected chi connectivity index (χ2v) is 5.20. The Labute approximate surface area is 115 Å². The minimum atomic E-state index is 0.0524. The zero-order chi connectivity index (χ0) is 14.1. The lowest BCUT2D eigenvalue weighted by Crippen LogP contribution is -2.29. The van der Waals surface area contributed by atoms with Crippen molar-refractivity contribution in [3.8, 4) is 0 Å². The number of aromatic nitrogens is 2. The predicted octanol–water partition coefficient (Wildman–Crippen LogP) is 1.54. The van der Waals surface area contributed by atoms with Gasteiger partial charge in [0.2, 0.25) is 5.91 Å². The number of rotatable bonds is 9. The normalized spacial score (nSPS) is 10.9. The second-order valence-electron chi connectivity index (χ2n) is 5.20. The number of carbonyl (C=O) groups is 1. The standard InChI is InChI=1S/C14H26N4O/c1-4-5-6-17-14(19)11-18-8-7-16-13(18)10-15-9-12(2)3/h7-8,12,15H,4-6,9-11H2,1-3H3,(H,17,19). The summed E-state index contributed by atoms with van der Waals surface area (Å²) < 4.78 is 1.90. The molecule has 1 amide bonds. The molecule has 5 heteroatoms. The molecule has 0 spiro atoms. The number of nitrogens with one attached hydrogen (secondary N) is 2. The maximum atomic E-state index is 11.7. The fourth-order valence-corrected chi connectivity index (χ4v) is 1.74. The molecule has 0 atom stereocenters. The van der Waals surface area contributed by atoms with Crippen LogP contribution in [-0.4, -0.2) is 28.5 Å². The number of unbranched alkanes of at least 4 members (excludes halogenated alkanes) is 1. The molecule has 5 nitrogen and oxygen atoms in total. The number of nitrogens with zero attached hydrogens (tertiary/aromatic N) is 2. The van der Waals surface area contributed by atoms with Crippen LogP contribution in [0.2, 0.25) is 0 Å². The first-order valence-electron chi connectivity index (χ1n) is 7.11. The summed E-state index contributed by atoms with van der Waals surface area (Å²) >= 11 is 0. The van der Waals surface area contributed by atoms with Gasteiger partial charge >= 0.3 is 0 Å². The van der Waals surface area contributed by atoms with Crippen LogP contribution >= 0.6 is 0 Å². The molecule has 0 bridgehead atoms. The van der Waals surface area contributed by atoms with Gasteiger partial charge in [-0.1, -0.05) is 27.2 Å². The molecule has 1 aromatic heterocycles. The van der Waals surface area contributed by atoms with Gasteiger partial charge in [-0.3, -0.25) is 4.79 Å². The molecule has 0 saturated carbocycles. The minimum Gasteiger partial charge on any atom is -0.355 e. The van der Waals surface area contributed by atoms with Gasteiger partial charge in [0.1, 0.15) is 12.4 Å². The molecular formula is C14H26N4O. The fourth-order valence-electron chi connectivity index (χ4n) is 1.74. The molecule has 0 unspecified atom stereocenters. The van der Waals surface area contributed by atoms with Crippen molar-refractivity contribution in [2.24, 2.45) is 5.92 Å². The topological polar surface area (TPSA) is 59.0 Å². The van der Waals surface area contributed by atoms with Crippen molar-refractivity contribution in [2.45, 2.75) is 46.7 Å². The number of amides is 1. The summed E-state index contributed by atoms with van der Waals surface area (Å²) in [6, 6.07) is 0. The van der Waals surface area contributed by atoms with Gasteiger partial charge < -0.3 is 15.2 Å². The zero-order valence-corrected chi connectivity index (χ0v) is 12.3. The van der Waals surface area contributed by atoms with Crippen molar-refractivity contribution in [1.82, 2.24) is 20.2 Å². The molecule has 0 aromatic carbocycles. The molecule has 0 radical (unpaired) electrons. The number of hydrogen-bond acceptors (Lipinski definition) is 3. The minimum absolute atomic E-state index is 0.0524. The Hall–Kier alpha value is -1.36. The Balaban J connectivity index is 2.37. The maximum absolute atomic E-state index is 11.7. The van der Waals surface area contributed by atoms with Gasteiger partial charge in [-0.25, -0.2) is 4.98 Å². The summed E-state index contributed by atoms with van der Waals surface area (Å²) in [7, 11) is 0. The van der Waals surface area contributed by atoms with Crippen LogP contribution in [0.4, 0.5) is 0 Å². The molecule has 0 saturated heterocycles. The van der Waals surface area contributed by atoms with Crippen LogP contribution in [0, 0.1) is 5.92 Å². The van der Waals surface area contributed by atoms with Crippen LogP contribution in [0.15, 0.2) is 12.4 Å². The lowest BCUT2D eigenvalue weighted by atomic mass is 10.2. The Kier molecular flexibility index (Phi) is 7.18. The lowest BCUT2D eigenvalue weighted by molar-refractivity contribution is -0.121. The van der Waals surface area contributed by atoms with Crippen molar-refractivity contribution >= 4 is 5.91 Å². The van der Waals surface area contributed by atoms with Crippen molar-refractivity contribution in [1.29, 1.82) is 0 Å². The van der Waals surface area contributed by atoms with Crippen LogP contribution in [0.1, 0.15) is 39.4 Å². The number of hydrogen-bond donors (Lipinski definition) is 2. The molecule has 2 N–H and O–H groups in total. The van der Waals surface area contributed by atoms with Crippen LogP contribution in [0.3, 0.4) is 0 Å². The van der Waals surface area contributed by atoms with Crippen molar-refractivity contribution in [3.63, 3.8) is 0 Å². The molecule has 19 heavy (non-hydrogen) atoms. The van der Waals surface area contributed by atoms with Gasteiger partial charge in [0.25, 0.3) is 0 Å². The van der Waals surface area contributed by atoms with Crippen molar-refractivity contribution < 1.29 is 4.79 Å². The lowest BCUT2D eigenvalue weighted by Gasteiger charge is -2.10. The van der Waals surface area contributed by atoms with Crippen LogP contribution in [-0.2, 0) is 17.9 Å². The molecule has 0 aliphatic heterocycles. The first-order valence-corrected chi connectivity index (χ1v) is 7.11. The third-order valence-corrected chi connectivity index (χ3v) is 2.80. The highest BCUT2D eigenvalue weighted by molar-refractivity contribution is 5.75. The smallest absolute Gasteiger partial charge is 0.239 e. The van der Waals surface area contributed by atoms with Gasteiger partial charge in [0.05, 0.1) is 6.54 Å². The van der Waals surface area contributed by atoms with E-state index in [1.165, 1.54) is 0 Å². The molecule has 0 fully saturated rings. The molecule has 1 heterocycles. The second kappa shape index (κ2) is 8.69. The monoisotopic (exact) mass is 266 g/mol. The highest BCUT2D eigenvalue weighted by atomic mass is 16.1. The van der Waals surface area contributed by atoms with E-state index in [0.29, 0.717) is 19.0 Å². The molecule has 0 aliphatic carbocycles. The van der Waals surface area contributed by atoms with E-state index in [0.717, 1.165) is 31.8 Å². The molecule has 0 aliphatic rings. The summed E-state index contributed by atoms with van der Waals surface area (Å²) in [5.74, 6) is 1.57. The van der Waals surface area contributed by atoms with Gasteiger partial charge in [0, 0.05) is 18.9 Å². The van der Waals surface area contributed by atoms with E-state index >= 15 is 0 Å². The molecule has 1 rings (SSSR count). The first kappa shape index (κ1) is 15.7. The summed E-state index contributed by atoms with van der Waals surface area (Å²) in [5.41, 5.74) is 0. The Morgan fingerprint density at radius 2 is 2.26 bits per heavy atom. The quantitative estimate of drug-likeness (QED) is 0.667. The predicted molar refractivity (Wildman–Crippen MR) is 76.7 cm³/mol. The van der Waals surface area contributed by atoms with E-state index in [1.807, 2.05) is 10.8 Å². The van der Waals surface area contributed by atoms with Crippen LogP contribution < -0.4 is 10.6 Å². The molecular weight excluding hydrogens is 240 g/mol. The van der Waals surface area contributed by atoms with E-state index in [1.54, 1.807) is 6.20 Å². The van der Waals surface area contributed by atoms with Gasteiger partial charge in [-0.2, -0.15) is 0 Å². The largest absolute Gasteiger partial charge is 0.355 e. The van der Waals surface area contributed by atoms with Crippen LogP contribution in [0.25, 0.3) is 0 Å². The van der Waals surface area contributed by atoms with E-state index in [-0.39, 0.29) is 5.91 Å². The maximum Gasteiger partial charge on any atom is 0.239 e. The molecule has 108 valence electrons. The summed E-state index contributed by atoms with van der Waals surface area (Å²) in [6.45, 7) is 9.21. The van der Waals surface area contributed by atoms with Gasteiger partial charge in [-0.15, -0.1) is 0 Å². The average molecular weight is 266 g/mol. The zero-order valence-electron chi connectivity index (χ0n) is 12.3. The highest BCUT2D eigenvalue weighted by Gasteiger charge is 2.07. The third kappa shape index (κ3) is 6.38. The Morgan fingerprint density at radius 1 is 1.47 bits per heavy atom. The van der Waals surface area contributed by atoms with Crippen molar-refractivity contribution in [3.05, 3.63) is 18.2 Å². The van der Waals surface area contributed by atoms with E-state index in [9.17, 15) is 4.79 Å². The molecule has 1 aromatic rings. The third-order valence-electron chi connectivity index (χ3n) is 2.80. The van der Waals surface area contributed by atoms with E-state index in [2.05, 4.69) is 36.4 Å². The summed E-state index contributed by atoms with van der Waals surface area (Å²) in [4.78, 5) is 16.0. The Bertz CT molecular complexity index is 373. The summed E-state index contributed by atoms with van der Waals surface area (Å²) in [5, 5.41) is 6.25. The number of carbonyl (C=O) groups excluding carboxylic acids is 1.